The molecule has 0 aliphatic carbocycles. The van der Waals surface area contributed by atoms with Gasteiger partial charge in [0.1, 0.15) is 0 Å². The van der Waals surface area contributed by atoms with Crippen molar-refractivity contribution in [2.75, 3.05) is 17.7 Å². The molecule has 0 spiro atoms. The van der Waals surface area contributed by atoms with Crippen LogP contribution in [-0.2, 0) is 9.59 Å². The van der Waals surface area contributed by atoms with E-state index in [4.69, 9.17) is 0 Å². The van der Waals surface area contributed by atoms with Gasteiger partial charge in [0.15, 0.2) is 5.69 Å². The standard InChI is InChI=1S/C21H19N5O4S/c1-31-14-8-6-13(7-9-14)26-11-12(10-17(26)27)19(28)23-25-21(30)18-15-4-2-3-5-16(15)20(29)24-22-18/h2-9,12H,10-11H2,1H3,(H,23,28)(H,24,29)(H,25,30)/t12-/m1/s1. The second kappa shape index (κ2) is 8.60. The highest BCUT2D eigenvalue weighted by atomic mass is 32.2. The van der Waals surface area contributed by atoms with Gasteiger partial charge in [0.05, 0.1) is 11.3 Å². The third-order valence-corrected chi connectivity index (χ3v) is 5.83. The van der Waals surface area contributed by atoms with Crippen molar-refractivity contribution in [3.63, 3.8) is 0 Å². The molecular formula is C21H19N5O4S. The Hall–Kier alpha value is -3.66. The van der Waals surface area contributed by atoms with Crippen LogP contribution >= 0.6 is 11.8 Å². The van der Waals surface area contributed by atoms with Crippen molar-refractivity contribution >= 4 is 45.9 Å². The van der Waals surface area contributed by atoms with Gasteiger partial charge in [-0.05, 0) is 36.6 Å². The number of hydrazine groups is 1. The molecule has 2 heterocycles. The Bertz CT molecular complexity index is 1220. The van der Waals surface area contributed by atoms with Crippen LogP contribution in [0.2, 0.25) is 0 Å². The fraction of sp³-hybridized carbons (Fsp3) is 0.190. The summed E-state index contributed by atoms with van der Waals surface area (Å²) >= 11 is 1.60. The Morgan fingerprint density at radius 2 is 1.77 bits per heavy atom. The first-order valence-electron chi connectivity index (χ1n) is 9.50. The fourth-order valence-electron chi connectivity index (χ4n) is 3.46. The van der Waals surface area contributed by atoms with E-state index in [0.29, 0.717) is 10.8 Å². The number of carbonyl (C=O) groups excluding carboxylic acids is 3. The van der Waals surface area contributed by atoms with Crippen LogP contribution in [-0.4, -0.2) is 40.7 Å². The maximum absolute atomic E-state index is 12.5. The molecule has 0 radical (unpaired) electrons. The third kappa shape index (κ3) is 4.15. The second-order valence-corrected chi connectivity index (χ2v) is 7.87. The Labute approximate surface area is 181 Å². The molecule has 3 N–H and O–H groups in total. The molecule has 0 bridgehead atoms. The van der Waals surface area contributed by atoms with Crippen molar-refractivity contribution in [2.45, 2.75) is 11.3 Å². The lowest BCUT2D eigenvalue weighted by Gasteiger charge is -2.17. The molecule has 10 heteroatoms. The highest BCUT2D eigenvalue weighted by Gasteiger charge is 2.35. The van der Waals surface area contributed by atoms with E-state index in [0.717, 1.165) is 10.6 Å². The van der Waals surface area contributed by atoms with E-state index in [1.54, 1.807) is 40.9 Å². The van der Waals surface area contributed by atoms with Crippen LogP contribution in [0.25, 0.3) is 10.8 Å². The monoisotopic (exact) mass is 437 g/mol. The highest BCUT2D eigenvalue weighted by Crippen LogP contribution is 2.27. The van der Waals surface area contributed by atoms with Crippen LogP contribution in [0.4, 0.5) is 5.69 Å². The largest absolute Gasteiger partial charge is 0.312 e. The first-order valence-corrected chi connectivity index (χ1v) is 10.7. The van der Waals surface area contributed by atoms with Crippen molar-refractivity contribution in [3.8, 4) is 0 Å². The minimum Gasteiger partial charge on any atom is -0.312 e. The minimum atomic E-state index is -0.672. The third-order valence-electron chi connectivity index (χ3n) is 5.09. The summed E-state index contributed by atoms with van der Waals surface area (Å²) in [7, 11) is 0. The highest BCUT2D eigenvalue weighted by molar-refractivity contribution is 7.98. The Balaban J connectivity index is 1.41. The van der Waals surface area contributed by atoms with Gasteiger partial charge in [-0.3, -0.25) is 30.0 Å². The van der Waals surface area contributed by atoms with Crippen molar-refractivity contribution in [1.29, 1.82) is 0 Å². The Kier molecular flexibility index (Phi) is 5.72. The van der Waals surface area contributed by atoms with Gasteiger partial charge in [0, 0.05) is 28.9 Å². The summed E-state index contributed by atoms with van der Waals surface area (Å²) in [6.07, 6.45) is 2.02. The van der Waals surface area contributed by atoms with E-state index < -0.39 is 23.3 Å². The zero-order valence-corrected chi connectivity index (χ0v) is 17.4. The number of H-pyrrole nitrogens is 1. The van der Waals surface area contributed by atoms with E-state index in [9.17, 15) is 19.2 Å². The van der Waals surface area contributed by atoms with E-state index in [1.807, 2.05) is 30.5 Å². The predicted octanol–water partition coefficient (Wildman–Crippen LogP) is 1.46. The average molecular weight is 437 g/mol. The summed E-state index contributed by atoms with van der Waals surface area (Å²) in [5, 5.41) is 6.75. The van der Waals surface area contributed by atoms with Crippen LogP contribution in [0.15, 0.2) is 58.2 Å². The zero-order chi connectivity index (χ0) is 22.0. The number of nitrogens with one attached hydrogen (secondary N) is 3. The van der Waals surface area contributed by atoms with Crippen molar-refractivity contribution < 1.29 is 14.4 Å². The summed E-state index contributed by atoms with van der Waals surface area (Å²) in [4.78, 5) is 51.9. The van der Waals surface area contributed by atoms with Crippen LogP contribution in [0.5, 0.6) is 0 Å². The number of nitrogens with zero attached hydrogens (tertiary/aromatic N) is 2. The molecule has 3 aromatic rings. The topological polar surface area (TPSA) is 124 Å². The number of thioether (sulfide) groups is 1. The van der Waals surface area contributed by atoms with Crippen molar-refractivity contribution in [2.24, 2.45) is 5.92 Å². The molecule has 0 saturated carbocycles. The van der Waals surface area contributed by atoms with Crippen LogP contribution in [0, 0.1) is 5.92 Å². The molecule has 1 aliphatic heterocycles. The van der Waals surface area contributed by atoms with E-state index in [1.165, 1.54) is 0 Å². The van der Waals surface area contributed by atoms with Crippen LogP contribution in [0.1, 0.15) is 16.9 Å². The molecule has 1 fully saturated rings. The SMILES string of the molecule is CSc1ccc(N2C[C@H](C(=O)NNC(=O)c3n[nH]c(=O)c4ccccc34)CC2=O)cc1. The van der Waals surface area contributed by atoms with Gasteiger partial charge in [-0.25, -0.2) is 5.10 Å². The van der Waals surface area contributed by atoms with Crippen molar-refractivity contribution in [1.82, 2.24) is 21.0 Å². The number of benzene rings is 2. The number of carbonyl (C=O) groups is 3. The first kappa shape index (κ1) is 20.6. The van der Waals surface area contributed by atoms with Gasteiger partial charge in [0.25, 0.3) is 11.5 Å². The number of rotatable bonds is 4. The van der Waals surface area contributed by atoms with Crippen LogP contribution < -0.4 is 21.3 Å². The van der Waals surface area contributed by atoms with Crippen LogP contribution in [0.3, 0.4) is 0 Å². The lowest BCUT2D eigenvalue weighted by atomic mass is 10.1. The molecule has 9 nitrogen and oxygen atoms in total. The van der Waals surface area contributed by atoms with Gasteiger partial charge in [-0.2, -0.15) is 5.10 Å². The molecule has 1 saturated heterocycles. The van der Waals surface area contributed by atoms with E-state index in [2.05, 4.69) is 21.0 Å². The summed E-state index contributed by atoms with van der Waals surface area (Å²) in [6, 6.07) is 14.1. The normalized spacial score (nSPS) is 15.8. The fourth-order valence-corrected chi connectivity index (χ4v) is 3.87. The molecule has 4 rings (SSSR count). The molecular weight excluding hydrogens is 418 g/mol. The molecule has 1 aromatic heterocycles. The zero-order valence-electron chi connectivity index (χ0n) is 16.5. The van der Waals surface area contributed by atoms with Gasteiger partial charge in [0.2, 0.25) is 11.8 Å². The second-order valence-electron chi connectivity index (χ2n) is 6.99. The Morgan fingerprint density at radius 3 is 2.48 bits per heavy atom. The van der Waals surface area contributed by atoms with Gasteiger partial charge < -0.3 is 4.90 Å². The lowest BCUT2D eigenvalue weighted by molar-refractivity contribution is -0.126. The minimum absolute atomic E-state index is 0.0199. The molecule has 158 valence electrons. The quantitative estimate of drug-likeness (QED) is 0.419. The van der Waals surface area contributed by atoms with E-state index >= 15 is 0 Å². The average Bonchev–Trinajstić information content (AvgIpc) is 3.19. The molecule has 1 aliphatic rings. The maximum Gasteiger partial charge on any atom is 0.290 e. The molecule has 3 amide bonds. The van der Waals surface area contributed by atoms with Gasteiger partial charge in [-0.1, -0.05) is 18.2 Å². The number of anilines is 1. The molecule has 31 heavy (non-hydrogen) atoms. The number of aromatic amines is 1. The Morgan fingerprint density at radius 1 is 1.06 bits per heavy atom. The van der Waals surface area contributed by atoms with Crippen molar-refractivity contribution in [3.05, 3.63) is 64.6 Å². The van der Waals surface area contributed by atoms with Gasteiger partial charge in [-0.15, -0.1) is 11.8 Å². The van der Waals surface area contributed by atoms with Gasteiger partial charge >= 0.3 is 0 Å². The number of hydrogen-bond acceptors (Lipinski definition) is 6. The summed E-state index contributed by atoms with van der Waals surface area (Å²) in [5.41, 5.74) is 4.97. The molecule has 2 aromatic carbocycles. The lowest BCUT2D eigenvalue weighted by Crippen LogP contribution is -2.45. The maximum atomic E-state index is 12.5. The summed E-state index contributed by atoms with van der Waals surface area (Å²) < 4.78 is 0. The molecule has 0 unspecified atom stereocenters. The number of fused-ring (bicyclic) bond motifs is 1. The first-order chi connectivity index (χ1) is 15.0. The number of aromatic nitrogens is 2. The number of hydrogen-bond donors (Lipinski definition) is 3. The summed E-state index contributed by atoms with van der Waals surface area (Å²) in [6.45, 7) is 0.221. The summed E-state index contributed by atoms with van der Waals surface area (Å²) in [5.74, 6) is -1.90. The van der Waals surface area contributed by atoms with E-state index in [-0.39, 0.29) is 24.6 Å². The smallest absolute Gasteiger partial charge is 0.290 e. The number of amides is 3. The predicted molar refractivity (Wildman–Crippen MR) is 117 cm³/mol. The molecule has 1 atom stereocenters.